The molecule has 18 heavy (non-hydrogen) atoms. The van der Waals surface area contributed by atoms with Gasteiger partial charge in [-0.1, -0.05) is 20.8 Å². The Balaban J connectivity index is 2.67. The Labute approximate surface area is 106 Å². The van der Waals surface area contributed by atoms with Gasteiger partial charge >= 0.3 is 5.97 Å². The Morgan fingerprint density at radius 2 is 2.06 bits per heavy atom. The number of rotatable bonds is 6. The van der Waals surface area contributed by atoms with E-state index >= 15 is 0 Å². The standard InChI is InChI=1S/C13H19NO4/c1-4-9-6-11(18-10(9)5-2)12(15)14-7-8(3)13(16)17/h6,8H,4-5,7H2,1-3H3,(H,14,15)(H,16,17)/t8-/m0/s1. The fourth-order valence-electron chi connectivity index (χ4n) is 1.60. The van der Waals surface area contributed by atoms with Crippen LogP contribution in [0, 0.1) is 5.92 Å². The van der Waals surface area contributed by atoms with E-state index in [0.717, 1.165) is 24.2 Å². The normalized spacial score (nSPS) is 12.2. The van der Waals surface area contributed by atoms with E-state index < -0.39 is 11.9 Å². The number of hydrogen-bond acceptors (Lipinski definition) is 3. The molecule has 100 valence electrons. The number of carboxylic acids is 1. The molecule has 1 rings (SSSR count). The van der Waals surface area contributed by atoms with Crippen LogP contribution in [0.25, 0.3) is 0 Å². The van der Waals surface area contributed by atoms with E-state index in [4.69, 9.17) is 9.52 Å². The molecule has 0 aliphatic carbocycles. The second kappa shape index (κ2) is 6.23. The highest BCUT2D eigenvalue weighted by Crippen LogP contribution is 2.16. The van der Waals surface area contributed by atoms with Gasteiger partial charge in [0.2, 0.25) is 0 Å². The van der Waals surface area contributed by atoms with Crippen LogP contribution in [-0.2, 0) is 17.6 Å². The van der Waals surface area contributed by atoms with Gasteiger partial charge in [-0.25, -0.2) is 0 Å². The molecule has 0 saturated heterocycles. The summed E-state index contributed by atoms with van der Waals surface area (Å²) < 4.78 is 5.45. The lowest BCUT2D eigenvalue weighted by molar-refractivity contribution is -0.140. The first-order chi connectivity index (χ1) is 8.49. The van der Waals surface area contributed by atoms with Gasteiger partial charge in [-0.05, 0) is 18.1 Å². The van der Waals surface area contributed by atoms with E-state index in [1.807, 2.05) is 13.8 Å². The molecular formula is C13H19NO4. The molecule has 0 bridgehead atoms. The summed E-state index contributed by atoms with van der Waals surface area (Å²) in [7, 11) is 0. The summed E-state index contributed by atoms with van der Waals surface area (Å²) >= 11 is 0. The molecule has 5 heteroatoms. The lowest BCUT2D eigenvalue weighted by atomic mass is 10.1. The molecule has 0 aliphatic rings. The van der Waals surface area contributed by atoms with Gasteiger partial charge < -0.3 is 14.8 Å². The zero-order chi connectivity index (χ0) is 13.7. The van der Waals surface area contributed by atoms with Gasteiger partial charge in [0.1, 0.15) is 5.76 Å². The maximum atomic E-state index is 11.8. The van der Waals surface area contributed by atoms with Crippen molar-refractivity contribution in [2.24, 2.45) is 5.92 Å². The lowest BCUT2D eigenvalue weighted by Gasteiger charge is -2.06. The molecule has 0 unspecified atom stereocenters. The molecule has 5 nitrogen and oxygen atoms in total. The minimum atomic E-state index is -0.932. The van der Waals surface area contributed by atoms with Crippen LogP contribution in [0.3, 0.4) is 0 Å². The maximum Gasteiger partial charge on any atom is 0.308 e. The first-order valence-electron chi connectivity index (χ1n) is 6.12. The third kappa shape index (κ3) is 3.35. The number of hydrogen-bond donors (Lipinski definition) is 2. The van der Waals surface area contributed by atoms with Gasteiger partial charge in [0.25, 0.3) is 5.91 Å². The third-order valence-corrected chi connectivity index (χ3v) is 2.81. The minimum absolute atomic E-state index is 0.0950. The average molecular weight is 253 g/mol. The Bertz CT molecular complexity index is 415. The summed E-state index contributed by atoms with van der Waals surface area (Å²) in [5.41, 5.74) is 1.02. The fraction of sp³-hybridized carbons (Fsp3) is 0.538. The molecule has 1 atom stereocenters. The lowest BCUT2D eigenvalue weighted by Crippen LogP contribution is -2.31. The Morgan fingerprint density at radius 3 is 2.50 bits per heavy atom. The number of carboxylic acid groups (broad SMARTS) is 1. The van der Waals surface area contributed by atoms with Crippen LogP contribution in [0.15, 0.2) is 10.5 Å². The van der Waals surface area contributed by atoms with Gasteiger partial charge in [-0.15, -0.1) is 0 Å². The number of aryl methyl sites for hydroxylation is 2. The van der Waals surface area contributed by atoms with Crippen molar-refractivity contribution < 1.29 is 19.1 Å². The number of furan rings is 1. The van der Waals surface area contributed by atoms with Crippen LogP contribution in [0.4, 0.5) is 0 Å². The molecule has 1 heterocycles. The number of amides is 1. The zero-order valence-corrected chi connectivity index (χ0v) is 10.9. The highest BCUT2D eigenvalue weighted by atomic mass is 16.4. The topological polar surface area (TPSA) is 79.5 Å². The van der Waals surface area contributed by atoms with E-state index in [2.05, 4.69) is 5.32 Å². The average Bonchev–Trinajstić information content (AvgIpc) is 2.78. The van der Waals surface area contributed by atoms with Crippen LogP contribution in [0.2, 0.25) is 0 Å². The summed E-state index contributed by atoms with van der Waals surface area (Å²) in [6.45, 7) is 5.60. The highest BCUT2D eigenvalue weighted by Gasteiger charge is 2.17. The van der Waals surface area contributed by atoms with E-state index in [1.54, 1.807) is 13.0 Å². The summed E-state index contributed by atoms with van der Waals surface area (Å²) in [5.74, 6) is -0.842. The van der Waals surface area contributed by atoms with Crippen LogP contribution in [0.5, 0.6) is 0 Å². The smallest absolute Gasteiger partial charge is 0.308 e. The van der Waals surface area contributed by atoms with Gasteiger partial charge in [0.15, 0.2) is 5.76 Å². The molecule has 1 aromatic rings. The zero-order valence-electron chi connectivity index (χ0n) is 10.9. The van der Waals surface area contributed by atoms with Crippen molar-refractivity contribution in [3.05, 3.63) is 23.2 Å². The largest absolute Gasteiger partial charge is 0.481 e. The quantitative estimate of drug-likeness (QED) is 0.811. The van der Waals surface area contributed by atoms with Crippen molar-refractivity contribution in [3.63, 3.8) is 0 Å². The Kier molecular flexibility index (Phi) is 4.95. The number of nitrogens with one attached hydrogen (secondary N) is 1. The molecule has 1 aromatic heterocycles. The van der Waals surface area contributed by atoms with Gasteiger partial charge in [-0.2, -0.15) is 0 Å². The van der Waals surface area contributed by atoms with E-state index in [-0.39, 0.29) is 18.2 Å². The van der Waals surface area contributed by atoms with Crippen molar-refractivity contribution in [1.82, 2.24) is 5.32 Å². The molecule has 0 fully saturated rings. The minimum Gasteiger partial charge on any atom is -0.481 e. The predicted molar refractivity (Wildman–Crippen MR) is 66.6 cm³/mol. The van der Waals surface area contributed by atoms with Crippen molar-refractivity contribution >= 4 is 11.9 Å². The van der Waals surface area contributed by atoms with Crippen LogP contribution in [0.1, 0.15) is 42.6 Å². The molecule has 0 spiro atoms. The van der Waals surface area contributed by atoms with Crippen LogP contribution >= 0.6 is 0 Å². The second-order valence-corrected chi connectivity index (χ2v) is 4.22. The molecule has 0 radical (unpaired) electrons. The monoisotopic (exact) mass is 253 g/mol. The summed E-state index contributed by atoms with van der Waals surface area (Å²) in [4.78, 5) is 22.4. The predicted octanol–water partition coefficient (Wildman–Crippen LogP) is 1.85. The van der Waals surface area contributed by atoms with Crippen molar-refractivity contribution in [3.8, 4) is 0 Å². The first kappa shape index (κ1) is 14.3. The van der Waals surface area contributed by atoms with Gasteiger partial charge in [0, 0.05) is 13.0 Å². The summed E-state index contributed by atoms with van der Waals surface area (Å²) in [6, 6.07) is 1.72. The summed E-state index contributed by atoms with van der Waals surface area (Å²) in [5, 5.41) is 11.3. The van der Waals surface area contributed by atoms with Crippen LogP contribution in [-0.4, -0.2) is 23.5 Å². The van der Waals surface area contributed by atoms with Crippen molar-refractivity contribution in [1.29, 1.82) is 0 Å². The number of aliphatic carboxylic acids is 1. The number of carbonyl (C=O) groups is 2. The van der Waals surface area contributed by atoms with E-state index in [0.29, 0.717) is 0 Å². The SMILES string of the molecule is CCc1cc(C(=O)NC[C@H](C)C(=O)O)oc1CC. The van der Waals surface area contributed by atoms with E-state index in [9.17, 15) is 9.59 Å². The molecule has 1 amide bonds. The molecule has 0 aliphatic heterocycles. The molecule has 0 saturated carbocycles. The first-order valence-corrected chi connectivity index (χ1v) is 6.12. The van der Waals surface area contributed by atoms with Gasteiger partial charge in [0.05, 0.1) is 5.92 Å². The van der Waals surface area contributed by atoms with Crippen molar-refractivity contribution in [2.75, 3.05) is 6.54 Å². The molecular weight excluding hydrogens is 234 g/mol. The van der Waals surface area contributed by atoms with E-state index in [1.165, 1.54) is 0 Å². The molecule has 0 aromatic carbocycles. The van der Waals surface area contributed by atoms with Crippen molar-refractivity contribution in [2.45, 2.75) is 33.6 Å². The van der Waals surface area contributed by atoms with Crippen LogP contribution < -0.4 is 5.32 Å². The maximum absolute atomic E-state index is 11.8. The third-order valence-electron chi connectivity index (χ3n) is 2.81. The Morgan fingerprint density at radius 1 is 1.39 bits per heavy atom. The highest BCUT2D eigenvalue weighted by molar-refractivity contribution is 5.92. The number of carbonyl (C=O) groups excluding carboxylic acids is 1. The molecule has 2 N–H and O–H groups in total. The second-order valence-electron chi connectivity index (χ2n) is 4.22. The Hall–Kier alpha value is -1.78. The fourth-order valence-corrected chi connectivity index (χ4v) is 1.60. The summed E-state index contributed by atoms with van der Waals surface area (Å²) in [6.07, 6.45) is 1.55. The van der Waals surface area contributed by atoms with Gasteiger partial charge in [-0.3, -0.25) is 9.59 Å².